The molecule has 0 aromatic heterocycles. The number of nitrogens with one attached hydrogen (secondary N) is 1. The van der Waals surface area contributed by atoms with Gasteiger partial charge in [-0.15, -0.1) is 0 Å². The van der Waals surface area contributed by atoms with Gasteiger partial charge in [0.05, 0.1) is 0 Å². The van der Waals surface area contributed by atoms with Crippen LogP contribution < -0.4 is 5.32 Å². The molecule has 0 aromatic carbocycles. The Hall–Kier alpha value is -0.570. The number of carbonyl (C=O) groups is 1. The molecule has 0 unspecified atom stereocenters. The van der Waals surface area contributed by atoms with Crippen molar-refractivity contribution in [3.8, 4) is 0 Å². The minimum atomic E-state index is 0.313. The highest BCUT2D eigenvalue weighted by molar-refractivity contribution is 5.75. The van der Waals surface area contributed by atoms with Gasteiger partial charge in [0.2, 0.25) is 5.91 Å². The Morgan fingerprint density at radius 3 is 2.93 bits per heavy atom. The number of rotatable bonds is 3. The standard InChI is InChI=1S/C11H22N2O/c1-3-11(14)13-7-5-4-6-10(9-13)8-12-2/h10,12H,3-9H2,1-2H3/t10-/m0/s1. The molecule has 0 bridgehead atoms. The molecule has 3 nitrogen and oxygen atoms in total. The van der Waals surface area contributed by atoms with Crippen LogP contribution in [-0.4, -0.2) is 37.5 Å². The lowest BCUT2D eigenvalue weighted by Gasteiger charge is -2.23. The van der Waals surface area contributed by atoms with E-state index in [0.717, 1.165) is 19.6 Å². The first kappa shape index (κ1) is 11.5. The van der Waals surface area contributed by atoms with Crippen LogP contribution in [0.1, 0.15) is 32.6 Å². The van der Waals surface area contributed by atoms with Crippen LogP contribution in [-0.2, 0) is 4.79 Å². The molecule has 1 heterocycles. The summed E-state index contributed by atoms with van der Waals surface area (Å²) < 4.78 is 0. The molecular weight excluding hydrogens is 176 g/mol. The lowest BCUT2D eigenvalue weighted by atomic mass is 10.0. The zero-order valence-electron chi connectivity index (χ0n) is 9.38. The van der Waals surface area contributed by atoms with E-state index >= 15 is 0 Å². The van der Waals surface area contributed by atoms with Crippen molar-refractivity contribution in [3.05, 3.63) is 0 Å². The molecule has 0 aliphatic carbocycles. The fraction of sp³-hybridized carbons (Fsp3) is 0.909. The molecule has 1 saturated heterocycles. The van der Waals surface area contributed by atoms with Crippen molar-refractivity contribution >= 4 is 5.91 Å². The first-order valence-electron chi connectivity index (χ1n) is 5.70. The molecule has 1 aliphatic heterocycles. The maximum absolute atomic E-state index is 11.6. The summed E-state index contributed by atoms with van der Waals surface area (Å²) in [7, 11) is 1.98. The Kier molecular flexibility index (Phi) is 4.94. The molecule has 0 aromatic rings. The first-order valence-corrected chi connectivity index (χ1v) is 5.70. The van der Waals surface area contributed by atoms with Crippen LogP contribution in [0.15, 0.2) is 0 Å². The van der Waals surface area contributed by atoms with Gasteiger partial charge in [0.25, 0.3) is 0 Å². The average molecular weight is 198 g/mol. The smallest absolute Gasteiger partial charge is 0.222 e. The second-order valence-electron chi connectivity index (χ2n) is 4.11. The van der Waals surface area contributed by atoms with Crippen LogP contribution in [0.5, 0.6) is 0 Å². The van der Waals surface area contributed by atoms with Gasteiger partial charge in [-0.1, -0.05) is 13.3 Å². The van der Waals surface area contributed by atoms with E-state index in [0.29, 0.717) is 18.2 Å². The van der Waals surface area contributed by atoms with E-state index in [1.54, 1.807) is 0 Å². The molecule has 1 amide bonds. The van der Waals surface area contributed by atoms with E-state index in [-0.39, 0.29) is 0 Å². The summed E-state index contributed by atoms with van der Waals surface area (Å²) in [5.41, 5.74) is 0. The van der Waals surface area contributed by atoms with Gasteiger partial charge < -0.3 is 10.2 Å². The molecule has 1 aliphatic rings. The summed E-state index contributed by atoms with van der Waals surface area (Å²) >= 11 is 0. The molecule has 82 valence electrons. The van der Waals surface area contributed by atoms with Gasteiger partial charge in [-0.05, 0) is 32.4 Å². The van der Waals surface area contributed by atoms with Crippen LogP contribution in [0, 0.1) is 5.92 Å². The van der Waals surface area contributed by atoms with E-state index < -0.39 is 0 Å². The van der Waals surface area contributed by atoms with Crippen molar-refractivity contribution < 1.29 is 4.79 Å². The Morgan fingerprint density at radius 1 is 1.50 bits per heavy atom. The van der Waals surface area contributed by atoms with Gasteiger partial charge in [-0.2, -0.15) is 0 Å². The highest BCUT2D eigenvalue weighted by atomic mass is 16.2. The normalized spacial score (nSPS) is 23.3. The highest BCUT2D eigenvalue weighted by Crippen LogP contribution is 2.16. The van der Waals surface area contributed by atoms with Crippen LogP contribution in [0.2, 0.25) is 0 Å². The average Bonchev–Trinajstić information content (AvgIpc) is 2.43. The third kappa shape index (κ3) is 3.29. The van der Waals surface area contributed by atoms with Crippen molar-refractivity contribution in [2.45, 2.75) is 32.6 Å². The zero-order valence-corrected chi connectivity index (χ0v) is 9.38. The predicted octanol–water partition coefficient (Wildman–Crippen LogP) is 1.24. The summed E-state index contributed by atoms with van der Waals surface area (Å²) in [6.07, 6.45) is 4.34. The minimum absolute atomic E-state index is 0.313. The maximum atomic E-state index is 11.6. The van der Waals surface area contributed by atoms with Crippen molar-refractivity contribution in [1.29, 1.82) is 0 Å². The second kappa shape index (κ2) is 6.02. The molecule has 0 saturated carbocycles. The Balaban J connectivity index is 2.46. The Bertz CT molecular complexity index is 182. The number of hydrogen-bond donors (Lipinski definition) is 1. The van der Waals surface area contributed by atoms with Gasteiger partial charge in [-0.25, -0.2) is 0 Å². The van der Waals surface area contributed by atoms with Crippen LogP contribution in [0.3, 0.4) is 0 Å². The highest BCUT2D eigenvalue weighted by Gasteiger charge is 2.20. The Morgan fingerprint density at radius 2 is 2.29 bits per heavy atom. The second-order valence-corrected chi connectivity index (χ2v) is 4.11. The van der Waals surface area contributed by atoms with Crippen molar-refractivity contribution in [1.82, 2.24) is 10.2 Å². The summed E-state index contributed by atoms with van der Waals surface area (Å²) in [5.74, 6) is 0.964. The molecule has 14 heavy (non-hydrogen) atoms. The number of carbonyl (C=O) groups excluding carboxylic acids is 1. The maximum Gasteiger partial charge on any atom is 0.222 e. The molecule has 0 radical (unpaired) electrons. The van der Waals surface area contributed by atoms with E-state index in [9.17, 15) is 4.79 Å². The van der Waals surface area contributed by atoms with E-state index in [4.69, 9.17) is 0 Å². The SMILES string of the molecule is CCC(=O)N1CCCC[C@@H](CNC)C1. The van der Waals surface area contributed by atoms with Gasteiger partial charge >= 0.3 is 0 Å². The van der Waals surface area contributed by atoms with Crippen molar-refractivity contribution in [2.24, 2.45) is 5.92 Å². The van der Waals surface area contributed by atoms with E-state index in [1.807, 2.05) is 18.9 Å². The number of amides is 1. The van der Waals surface area contributed by atoms with Crippen LogP contribution in [0.25, 0.3) is 0 Å². The minimum Gasteiger partial charge on any atom is -0.342 e. The molecular formula is C11H22N2O. The van der Waals surface area contributed by atoms with Crippen LogP contribution >= 0.6 is 0 Å². The fourth-order valence-corrected chi connectivity index (χ4v) is 2.14. The topological polar surface area (TPSA) is 32.3 Å². The molecule has 3 heteroatoms. The van der Waals surface area contributed by atoms with Crippen molar-refractivity contribution in [2.75, 3.05) is 26.7 Å². The lowest BCUT2D eigenvalue weighted by Crippen LogP contribution is -2.36. The summed E-state index contributed by atoms with van der Waals surface area (Å²) in [6.45, 7) is 4.90. The predicted molar refractivity (Wildman–Crippen MR) is 58.1 cm³/mol. The van der Waals surface area contributed by atoms with E-state index in [2.05, 4.69) is 5.32 Å². The third-order valence-corrected chi connectivity index (χ3v) is 2.92. The quantitative estimate of drug-likeness (QED) is 0.740. The van der Waals surface area contributed by atoms with Gasteiger partial charge in [-0.3, -0.25) is 4.79 Å². The number of hydrogen-bond acceptors (Lipinski definition) is 2. The van der Waals surface area contributed by atoms with Gasteiger partial charge in [0, 0.05) is 19.5 Å². The summed E-state index contributed by atoms with van der Waals surface area (Å²) in [5, 5.41) is 3.20. The van der Waals surface area contributed by atoms with E-state index in [1.165, 1.54) is 19.3 Å². The number of nitrogens with zero attached hydrogens (tertiary/aromatic N) is 1. The number of likely N-dealkylation sites (tertiary alicyclic amines) is 1. The van der Waals surface area contributed by atoms with Gasteiger partial charge in [0.1, 0.15) is 0 Å². The summed E-state index contributed by atoms with van der Waals surface area (Å²) in [6, 6.07) is 0. The largest absolute Gasteiger partial charge is 0.342 e. The molecule has 1 rings (SSSR count). The molecule has 1 N–H and O–H groups in total. The monoisotopic (exact) mass is 198 g/mol. The third-order valence-electron chi connectivity index (χ3n) is 2.92. The first-order chi connectivity index (χ1) is 6.77. The zero-order chi connectivity index (χ0) is 10.4. The Labute approximate surface area is 86.9 Å². The lowest BCUT2D eigenvalue weighted by molar-refractivity contribution is -0.131. The molecule has 1 fully saturated rings. The summed E-state index contributed by atoms with van der Waals surface area (Å²) in [4.78, 5) is 13.6. The molecule has 1 atom stereocenters. The van der Waals surface area contributed by atoms with Gasteiger partial charge in [0.15, 0.2) is 0 Å². The molecule has 0 spiro atoms. The van der Waals surface area contributed by atoms with Crippen LogP contribution in [0.4, 0.5) is 0 Å². The van der Waals surface area contributed by atoms with Crippen molar-refractivity contribution in [3.63, 3.8) is 0 Å². The fourth-order valence-electron chi connectivity index (χ4n) is 2.14.